The SMILES string of the molecule is CC(C)C[C@H](C)C(C)(C)C. The summed E-state index contributed by atoms with van der Waals surface area (Å²) in [4.78, 5) is 0. The van der Waals surface area contributed by atoms with Crippen molar-refractivity contribution in [2.75, 3.05) is 0 Å². The highest BCUT2D eigenvalue weighted by molar-refractivity contribution is 4.70. The molecule has 0 heterocycles. The van der Waals surface area contributed by atoms with Crippen LogP contribution in [0.25, 0.3) is 0 Å². The smallest absolute Gasteiger partial charge is 0.0357 e. The standard InChI is InChI=1S/C10H22/c1-8(2)7-9(3)10(4,5)6/h8-9H,7H2,1-6H3/t9-/m0/s1. The number of hydrogen-bond acceptors (Lipinski definition) is 0. The lowest BCUT2D eigenvalue weighted by Gasteiger charge is -2.28. The number of rotatable bonds is 2. The van der Waals surface area contributed by atoms with Crippen molar-refractivity contribution in [2.24, 2.45) is 17.3 Å². The molecule has 0 radical (unpaired) electrons. The maximum Gasteiger partial charge on any atom is -0.0357 e. The summed E-state index contributed by atoms with van der Waals surface area (Å²) in [5.74, 6) is 1.68. The summed E-state index contributed by atoms with van der Waals surface area (Å²) in [5, 5.41) is 0. The Kier molecular flexibility index (Phi) is 3.41. The molecule has 0 nitrogen and oxygen atoms in total. The minimum atomic E-state index is 0.490. The van der Waals surface area contributed by atoms with Gasteiger partial charge in [-0.05, 0) is 23.7 Å². The van der Waals surface area contributed by atoms with Gasteiger partial charge in [0.25, 0.3) is 0 Å². The van der Waals surface area contributed by atoms with Gasteiger partial charge in [0.05, 0.1) is 0 Å². The average molecular weight is 142 g/mol. The van der Waals surface area contributed by atoms with Gasteiger partial charge >= 0.3 is 0 Å². The molecule has 0 heteroatoms. The van der Waals surface area contributed by atoms with Crippen LogP contribution in [0.15, 0.2) is 0 Å². The van der Waals surface area contributed by atoms with E-state index >= 15 is 0 Å². The van der Waals surface area contributed by atoms with Crippen molar-refractivity contribution in [1.82, 2.24) is 0 Å². The van der Waals surface area contributed by atoms with E-state index in [-0.39, 0.29) is 0 Å². The zero-order chi connectivity index (χ0) is 8.36. The Morgan fingerprint density at radius 3 is 1.50 bits per heavy atom. The Morgan fingerprint density at radius 1 is 1.00 bits per heavy atom. The van der Waals surface area contributed by atoms with E-state index in [9.17, 15) is 0 Å². The first-order chi connectivity index (χ1) is 4.34. The van der Waals surface area contributed by atoms with Crippen LogP contribution in [0.2, 0.25) is 0 Å². The monoisotopic (exact) mass is 142 g/mol. The minimum Gasteiger partial charge on any atom is -0.0628 e. The second-order valence-corrected chi connectivity index (χ2v) is 4.90. The van der Waals surface area contributed by atoms with Crippen LogP contribution in [0, 0.1) is 17.3 Å². The van der Waals surface area contributed by atoms with Crippen LogP contribution >= 0.6 is 0 Å². The highest BCUT2D eigenvalue weighted by atomic mass is 14.3. The van der Waals surface area contributed by atoms with Crippen molar-refractivity contribution < 1.29 is 0 Å². The van der Waals surface area contributed by atoms with E-state index in [2.05, 4.69) is 41.5 Å². The molecule has 1 atom stereocenters. The molecular formula is C10H22. The predicted molar refractivity (Wildman–Crippen MR) is 48.1 cm³/mol. The fourth-order valence-electron chi connectivity index (χ4n) is 1.06. The highest BCUT2D eigenvalue weighted by Crippen LogP contribution is 2.30. The largest absolute Gasteiger partial charge is 0.0628 e. The molecule has 0 saturated carbocycles. The molecule has 0 saturated heterocycles. The maximum atomic E-state index is 2.35. The fraction of sp³-hybridized carbons (Fsp3) is 1.00. The van der Waals surface area contributed by atoms with Crippen LogP contribution in [0.1, 0.15) is 48.0 Å². The Morgan fingerprint density at radius 2 is 1.40 bits per heavy atom. The van der Waals surface area contributed by atoms with Crippen molar-refractivity contribution in [3.05, 3.63) is 0 Å². The predicted octanol–water partition coefficient (Wildman–Crippen LogP) is 3.71. The Bertz CT molecular complexity index is 84.7. The van der Waals surface area contributed by atoms with Crippen molar-refractivity contribution in [1.29, 1.82) is 0 Å². The van der Waals surface area contributed by atoms with E-state index in [1.54, 1.807) is 0 Å². The van der Waals surface area contributed by atoms with Crippen LogP contribution in [-0.4, -0.2) is 0 Å². The van der Waals surface area contributed by atoms with Crippen molar-refractivity contribution >= 4 is 0 Å². The molecule has 0 aliphatic carbocycles. The molecule has 0 fully saturated rings. The average Bonchev–Trinajstić information content (AvgIpc) is 1.60. The third kappa shape index (κ3) is 3.92. The molecule has 0 aromatic rings. The molecule has 0 spiro atoms. The highest BCUT2D eigenvalue weighted by Gasteiger charge is 2.20. The van der Waals surface area contributed by atoms with E-state index < -0.39 is 0 Å². The summed E-state index contributed by atoms with van der Waals surface area (Å²) in [7, 11) is 0. The summed E-state index contributed by atoms with van der Waals surface area (Å²) in [6.07, 6.45) is 1.35. The van der Waals surface area contributed by atoms with Crippen LogP contribution in [0.5, 0.6) is 0 Å². The molecular weight excluding hydrogens is 120 g/mol. The molecule has 0 aliphatic heterocycles. The molecule has 0 rings (SSSR count). The Balaban J connectivity index is 3.73. The first-order valence-electron chi connectivity index (χ1n) is 4.34. The van der Waals surface area contributed by atoms with Gasteiger partial charge in [-0.15, -0.1) is 0 Å². The molecule has 0 N–H and O–H groups in total. The molecule has 0 unspecified atom stereocenters. The lowest BCUT2D eigenvalue weighted by Crippen LogP contribution is -2.18. The summed E-state index contributed by atoms with van der Waals surface area (Å²) >= 11 is 0. The molecule has 0 aliphatic rings. The summed E-state index contributed by atoms with van der Waals surface area (Å²) in [6.45, 7) is 13.9. The van der Waals surface area contributed by atoms with Gasteiger partial charge in [-0.3, -0.25) is 0 Å². The van der Waals surface area contributed by atoms with Crippen LogP contribution in [0.4, 0.5) is 0 Å². The normalized spacial score (nSPS) is 15.9. The van der Waals surface area contributed by atoms with E-state index in [1.807, 2.05) is 0 Å². The van der Waals surface area contributed by atoms with Gasteiger partial charge in [-0.25, -0.2) is 0 Å². The lowest BCUT2D eigenvalue weighted by molar-refractivity contribution is 0.224. The molecule has 0 amide bonds. The zero-order valence-corrected chi connectivity index (χ0v) is 8.36. The first kappa shape index (κ1) is 10.0. The van der Waals surface area contributed by atoms with E-state index in [1.165, 1.54) is 6.42 Å². The molecule has 10 heavy (non-hydrogen) atoms. The molecule has 62 valence electrons. The minimum absolute atomic E-state index is 0.490. The molecule has 0 bridgehead atoms. The van der Waals surface area contributed by atoms with Crippen LogP contribution < -0.4 is 0 Å². The second kappa shape index (κ2) is 3.41. The number of hydrogen-bond donors (Lipinski definition) is 0. The molecule has 0 aromatic heterocycles. The lowest BCUT2D eigenvalue weighted by atomic mass is 9.78. The van der Waals surface area contributed by atoms with E-state index in [0.29, 0.717) is 5.41 Å². The van der Waals surface area contributed by atoms with Crippen molar-refractivity contribution in [3.8, 4) is 0 Å². The fourth-order valence-corrected chi connectivity index (χ4v) is 1.06. The van der Waals surface area contributed by atoms with Gasteiger partial charge in [-0.2, -0.15) is 0 Å². The summed E-state index contributed by atoms with van der Waals surface area (Å²) < 4.78 is 0. The Labute approximate surface area is 66.0 Å². The van der Waals surface area contributed by atoms with Crippen LogP contribution in [0.3, 0.4) is 0 Å². The topological polar surface area (TPSA) is 0 Å². The molecule has 0 aromatic carbocycles. The maximum absolute atomic E-state index is 2.35. The first-order valence-corrected chi connectivity index (χ1v) is 4.34. The van der Waals surface area contributed by atoms with E-state index in [4.69, 9.17) is 0 Å². The van der Waals surface area contributed by atoms with Crippen LogP contribution in [-0.2, 0) is 0 Å². The van der Waals surface area contributed by atoms with Gasteiger partial charge in [0.2, 0.25) is 0 Å². The summed E-state index contributed by atoms with van der Waals surface area (Å²) in [5.41, 5.74) is 0.490. The second-order valence-electron chi connectivity index (χ2n) is 4.90. The third-order valence-electron chi connectivity index (χ3n) is 2.30. The zero-order valence-electron chi connectivity index (χ0n) is 8.36. The van der Waals surface area contributed by atoms with Gasteiger partial charge in [-0.1, -0.05) is 41.5 Å². The van der Waals surface area contributed by atoms with Gasteiger partial charge in [0.1, 0.15) is 0 Å². The summed E-state index contributed by atoms with van der Waals surface area (Å²) in [6, 6.07) is 0. The Hall–Kier alpha value is 0. The third-order valence-corrected chi connectivity index (χ3v) is 2.30. The van der Waals surface area contributed by atoms with Gasteiger partial charge in [0, 0.05) is 0 Å². The van der Waals surface area contributed by atoms with Gasteiger partial charge in [0.15, 0.2) is 0 Å². The van der Waals surface area contributed by atoms with E-state index in [0.717, 1.165) is 11.8 Å². The van der Waals surface area contributed by atoms with Gasteiger partial charge < -0.3 is 0 Å². The quantitative estimate of drug-likeness (QED) is 0.551. The van der Waals surface area contributed by atoms with Crippen molar-refractivity contribution in [3.63, 3.8) is 0 Å². The van der Waals surface area contributed by atoms with Crippen molar-refractivity contribution in [2.45, 2.75) is 48.0 Å².